The number of nitrogens with zero attached hydrogens (tertiary/aromatic N) is 4. The molecule has 1 saturated heterocycles. The summed E-state index contributed by atoms with van der Waals surface area (Å²) in [6, 6.07) is 8.75. The number of aromatic nitrogens is 4. The Morgan fingerprint density at radius 2 is 2.05 bits per heavy atom. The van der Waals surface area contributed by atoms with E-state index in [1.54, 1.807) is 37.3 Å². The van der Waals surface area contributed by atoms with Crippen LogP contribution in [0.25, 0.3) is 11.2 Å². The predicted molar refractivity (Wildman–Crippen MR) is 150 cm³/mol. The van der Waals surface area contributed by atoms with Crippen LogP contribution in [0, 0.1) is 12.3 Å². The van der Waals surface area contributed by atoms with E-state index in [2.05, 4.69) is 26.2 Å². The lowest BCUT2D eigenvalue weighted by Gasteiger charge is -2.32. The Balaban J connectivity index is 1.65. The molecule has 14 heteroatoms. The first-order valence-corrected chi connectivity index (χ1v) is 13.6. The first-order chi connectivity index (χ1) is 20.1. The number of imidazole rings is 1. The average molecular weight is 602 g/mol. The van der Waals surface area contributed by atoms with Crippen molar-refractivity contribution in [3.05, 3.63) is 47.5 Å². The fourth-order valence-electron chi connectivity index (χ4n) is 4.70. The molecule has 0 amide bonds. The summed E-state index contributed by atoms with van der Waals surface area (Å²) in [5, 5.41) is 34.5. The van der Waals surface area contributed by atoms with Crippen molar-refractivity contribution in [2.75, 3.05) is 31.7 Å². The van der Waals surface area contributed by atoms with E-state index in [4.69, 9.17) is 37.3 Å². The number of aliphatic hydroxyl groups excluding tert-OH is 2. The van der Waals surface area contributed by atoms with Gasteiger partial charge in [-0.05, 0) is 37.4 Å². The second kappa shape index (κ2) is 13.1. The molecular weight excluding hydrogens is 570 g/mol. The second-order valence-electron chi connectivity index (χ2n) is 9.68. The van der Waals surface area contributed by atoms with E-state index in [9.17, 15) is 19.8 Å². The fraction of sp³-hybridized carbons (Fsp3) is 0.464. The quantitative estimate of drug-likeness (QED) is 0.0720. The molecule has 3 aromatic rings. The zero-order chi connectivity index (χ0) is 30.5. The van der Waals surface area contributed by atoms with Gasteiger partial charge in [0.05, 0.1) is 19.5 Å². The highest BCUT2D eigenvalue weighted by atomic mass is 35.5. The first-order valence-electron chi connectivity index (χ1n) is 13.3. The van der Waals surface area contributed by atoms with Crippen LogP contribution in [-0.4, -0.2) is 96.4 Å². The van der Waals surface area contributed by atoms with Crippen LogP contribution in [0.1, 0.15) is 32.1 Å². The molecule has 1 unspecified atom stereocenters. The van der Waals surface area contributed by atoms with Crippen LogP contribution in [0.4, 0.5) is 5.82 Å². The largest absolute Gasteiger partial charge is 0.463 e. The van der Waals surface area contributed by atoms with Gasteiger partial charge in [-0.3, -0.25) is 9.36 Å². The molecule has 1 aliphatic rings. The molecule has 3 heterocycles. The lowest BCUT2D eigenvalue weighted by Crippen LogP contribution is -2.54. The number of Topliss-reactive ketones (excluding diaryl/α,β-unsaturated/α-hetero) is 1. The smallest absolute Gasteiger partial charge is 0.346 e. The maximum atomic E-state index is 13.1. The van der Waals surface area contributed by atoms with Gasteiger partial charge >= 0.3 is 5.97 Å². The van der Waals surface area contributed by atoms with Crippen LogP contribution in [-0.2, 0) is 30.2 Å². The molecule has 0 bridgehead atoms. The lowest BCUT2D eigenvalue weighted by atomic mass is 9.89. The number of hydrogen-bond acceptors (Lipinski definition) is 12. The van der Waals surface area contributed by atoms with Crippen molar-refractivity contribution >= 4 is 40.3 Å². The van der Waals surface area contributed by atoms with Crippen molar-refractivity contribution in [3.8, 4) is 12.3 Å². The Morgan fingerprint density at radius 1 is 1.31 bits per heavy atom. The van der Waals surface area contributed by atoms with Gasteiger partial charge in [-0.15, -0.1) is 6.42 Å². The summed E-state index contributed by atoms with van der Waals surface area (Å²) in [5.74, 6) is 0.932. The number of hydrogen-bond donors (Lipinski definition) is 4. The molecule has 4 rings (SSSR count). The molecule has 5 atom stereocenters. The highest BCUT2D eigenvalue weighted by Gasteiger charge is 2.57. The number of rotatable bonds is 13. The van der Waals surface area contributed by atoms with Crippen molar-refractivity contribution in [2.24, 2.45) is 0 Å². The summed E-state index contributed by atoms with van der Waals surface area (Å²) in [6.07, 6.45) is 2.85. The molecule has 4 N–H and O–H groups in total. The zero-order valence-electron chi connectivity index (χ0n) is 23.1. The molecule has 0 radical (unpaired) electrons. The Hall–Kier alpha value is -3.64. The molecule has 1 fully saturated rings. The van der Waals surface area contributed by atoms with Crippen molar-refractivity contribution < 1.29 is 39.1 Å². The summed E-state index contributed by atoms with van der Waals surface area (Å²) < 4.78 is 18.5. The van der Waals surface area contributed by atoms with E-state index in [1.807, 2.05) is 0 Å². The van der Waals surface area contributed by atoms with E-state index in [1.165, 1.54) is 17.8 Å². The molecular formula is C28H32ClN5O8. The molecule has 0 saturated carbocycles. The van der Waals surface area contributed by atoms with Crippen LogP contribution in [0.3, 0.4) is 0 Å². The summed E-state index contributed by atoms with van der Waals surface area (Å²) in [6.45, 7) is 2.58. The minimum Gasteiger partial charge on any atom is -0.463 e. The third-order valence-corrected chi connectivity index (χ3v) is 7.16. The van der Waals surface area contributed by atoms with Crippen molar-refractivity contribution in [3.63, 3.8) is 0 Å². The maximum Gasteiger partial charge on any atom is 0.346 e. The highest BCUT2D eigenvalue weighted by Crippen LogP contribution is 2.39. The number of halogens is 1. The third-order valence-electron chi connectivity index (χ3n) is 6.99. The fourth-order valence-corrected chi connectivity index (χ4v) is 4.87. The van der Waals surface area contributed by atoms with Crippen LogP contribution in [0.15, 0.2) is 36.7 Å². The molecule has 13 nitrogen and oxygen atoms in total. The summed E-state index contributed by atoms with van der Waals surface area (Å²) in [5.41, 5.74) is -3.29. The molecule has 224 valence electrons. The lowest BCUT2D eigenvalue weighted by molar-refractivity contribution is -0.184. The highest BCUT2D eigenvalue weighted by molar-refractivity contribution is 6.28. The molecule has 1 aromatic carbocycles. The van der Waals surface area contributed by atoms with Crippen LogP contribution >= 0.6 is 11.6 Å². The number of fused-ring (bicyclic) bond motifs is 1. The Kier molecular flexibility index (Phi) is 9.78. The van der Waals surface area contributed by atoms with Gasteiger partial charge < -0.3 is 34.8 Å². The van der Waals surface area contributed by atoms with Crippen LogP contribution < -0.4 is 5.32 Å². The number of nitrogens with one attached hydrogen (secondary N) is 1. The maximum absolute atomic E-state index is 13.1. The van der Waals surface area contributed by atoms with Crippen molar-refractivity contribution in [2.45, 2.75) is 56.3 Å². The number of aliphatic hydroxyl groups is 3. The first kappa shape index (κ1) is 31.3. The van der Waals surface area contributed by atoms with Gasteiger partial charge in [0.2, 0.25) is 10.9 Å². The SMILES string of the molecule is C#C[C@@]1(O)[C@@H](COC(Cc2ccccc2)(C(C)=O)C(=O)OCC)O[C@@H](n2cnc3c(NCCCO)nc(Cl)nc32)[C@@H]1O. The number of esters is 1. The Labute approximate surface area is 246 Å². The van der Waals surface area contributed by atoms with Gasteiger partial charge in [-0.1, -0.05) is 36.3 Å². The average Bonchev–Trinajstić information content (AvgIpc) is 3.50. The van der Waals surface area contributed by atoms with E-state index in [0.717, 1.165) is 0 Å². The van der Waals surface area contributed by atoms with Crippen molar-refractivity contribution in [1.82, 2.24) is 19.5 Å². The molecule has 0 aliphatic carbocycles. The molecule has 0 spiro atoms. The Morgan fingerprint density at radius 3 is 2.69 bits per heavy atom. The molecule has 2 aromatic heterocycles. The summed E-state index contributed by atoms with van der Waals surface area (Å²) in [7, 11) is 0. The van der Waals surface area contributed by atoms with E-state index < -0.39 is 48.0 Å². The van der Waals surface area contributed by atoms with Gasteiger partial charge in [0.1, 0.15) is 12.2 Å². The van der Waals surface area contributed by atoms with Crippen LogP contribution in [0.5, 0.6) is 0 Å². The number of anilines is 1. The summed E-state index contributed by atoms with van der Waals surface area (Å²) >= 11 is 6.14. The Bertz CT molecular complexity index is 1460. The monoisotopic (exact) mass is 601 g/mol. The van der Waals surface area contributed by atoms with Gasteiger partial charge in [0, 0.05) is 19.6 Å². The van der Waals surface area contributed by atoms with E-state index in [-0.39, 0.29) is 36.1 Å². The van der Waals surface area contributed by atoms with Crippen LogP contribution in [0.2, 0.25) is 5.28 Å². The second-order valence-corrected chi connectivity index (χ2v) is 10.0. The molecule has 1 aliphatic heterocycles. The topological polar surface area (TPSA) is 178 Å². The number of ether oxygens (including phenoxy) is 3. The van der Waals surface area contributed by atoms with Gasteiger partial charge in [0.25, 0.3) is 0 Å². The predicted octanol–water partition coefficient (Wildman–Crippen LogP) is 1.05. The van der Waals surface area contributed by atoms with E-state index in [0.29, 0.717) is 24.3 Å². The normalized spacial score (nSPS) is 23.3. The summed E-state index contributed by atoms with van der Waals surface area (Å²) in [4.78, 5) is 38.8. The van der Waals surface area contributed by atoms with E-state index >= 15 is 0 Å². The van der Waals surface area contributed by atoms with Gasteiger partial charge in [-0.2, -0.15) is 9.97 Å². The minimum atomic E-state index is -2.30. The minimum absolute atomic E-state index is 0.00398. The number of carbonyl (C=O) groups excluding carboxylic acids is 2. The standard InChI is InChI=1S/C28H32ClN5O8/c1-4-27(39)19(15-41-28(17(3)36,25(38)40-5-2)14-18-10-7-6-8-11-18)42-24(21(27)37)34-16-31-20-22(30-12-9-13-35)32-26(29)33-23(20)34/h1,6-8,10-11,16,19,21,24,35,37,39H,5,9,12-15H2,2-3H3,(H,30,32,33)/t19-,21+,24-,27-,28?/m1/s1. The molecule has 42 heavy (non-hydrogen) atoms. The van der Waals surface area contributed by atoms with Crippen molar-refractivity contribution in [1.29, 1.82) is 0 Å². The van der Waals surface area contributed by atoms with Gasteiger partial charge in [0.15, 0.2) is 34.6 Å². The number of carbonyl (C=O) groups is 2. The number of ketones is 1. The zero-order valence-corrected chi connectivity index (χ0v) is 23.8. The van der Waals surface area contributed by atoms with Gasteiger partial charge in [-0.25, -0.2) is 9.78 Å². The number of benzene rings is 1. The number of terminal acetylenes is 1. The third kappa shape index (κ3) is 5.96.